The Kier molecular flexibility index (Phi) is 9.93. The lowest BCUT2D eigenvalue weighted by Crippen LogP contribution is -2.40. The number of fused-ring (bicyclic) bond motifs is 1. The summed E-state index contributed by atoms with van der Waals surface area (Å²) in [7, 11) is -3.74. The molecule has 1 aromatic carbocycles. The van der Waals surface area contributed by atoms with Crippen molar-refractivity contribution in [2.24, 2.45) is 4.99 Å². The minimum absolute atomic E-state index is 0.0373. The molecule has 0 fully saturated rings. The largest absolute Gasteiger partial charge is 0.444 e. The lowest BCUT2D eigenvalue weighted by Gasteiger charge is -2.21. The Morgan fingerprint density at radius 2 is 1.57 bits per heavy atom. The van der Waals surface area contributed by atoms with Crippen molar-refractivity contribution in [1.82, 2.24) is 24.6 Å². The Balaban J connectivity index is 1.75. The van der Waals surface area contributed by atoms with Gasteiger partial charge in [0.1, 0.15) is 17.5 Å². The highest BCUT2D eigenvalue weighted by Crippen LogP contribution is 2.21. The van der Waals surface area contributed by atoms with E-state index in [1.165, 1.54) is 47.2 Å². The summed E-state index contributed by atoms with van der Waals surface area (Å²) in [4.78, 5) is 57.4. The monoisotopic (exact) mass is 631 g/mol. The van der Waals surface area contributed by atoms with Gasteiger partial charge in [-0.15, -0.1) is 4.99 Å². The van der Waals surface area contributed by atoms with Crippen molar-refractivity contribution >= 4 is 51.4 Å². The van der Waals surface area contributed by atoms with Crippen molar-refractivity contribution < 1.29 is 41.8 Å². The third-order valence-electron chi connectivity index (χ3n) is 4.91. The molecule has 0 saturated heterocycles. The first-order chi connectivity index (χ1) is 20.3. The second kappa shape index (κ2) is 13.1. The number of amides is 3. The van der Waals surface area contributed by atoms with Crippen LogP contribution in [0.4, 0.5) is 15.3 Å². The van der Waals surface area contributed by atoms with Crippen LogP contribution in [0.25, 0.3) is 5.65 Å². The van der Waals surface area contributed by atoms with E-state index in [4.69, 9.17) is 14.2 Å². The molecule has 44 heavy (non-hydrogen) atoms. The van der Waals surface area contributed by atoms with Crippen LogP contribution >= 0.6 is 0 Å². The van der Waals surface area contributed by atoms with Crippen LogP contribution in [0.1, 0.15) is 57.6 Å². The van der Waals surface area contributed by atoms with Crippen molar-refractivity contribution in [2.45, 2.75) is 59.2 Å². The standard InChI is InChI=1S/C27H33N7O9S/c1-26(2,3)42-24(37)31-23(32-25(38)43-27(4,5)6)30-17-10-8-16(9-11-17)22(36)41-19-13-12-18(34-21(19)28-15-29-34)14-20(35)33-44(7,39)40/h8-13,15H,14H2,1-7H3,(H,33,35)(H2,30,31,32,37,38). The molecule has 3 N–H and O–H groups in total. The van der Waals surface area contributed by atoms with Gasteiger partial charge in [-0.3, -0.25) is 14.8 Å². The molecule has 0 radical (unpaired) electrons. The summed E-state index contributed by atoms with van der Waals surface area (Å²) in [5.41, 5.74) is -0.735. The van der Waals surface area contributed by atoms with Crippen LogP contribution in [-0.2, 0) is 30.7 Å². The topological polar surface area (TPSA) is 209 Å². The van der Waals surface area contributed by atoms with Crippen molar-refractivity contribution in [1.29, 1.82) is 0 Å². The number of sulfonamides is 1. The molecule has 0 spiro atoms. The number of aromatic nitrogens is 3. The number of rotatable bonds is 6. The summed E-state index contributed by atoms with van der Waals surface area (Å²) in [6, 6.07) is 8.66. The van der Waals surface area contributed by atoms with Crippen molar-refractivity contribution in [3.8, 4) is 5.75 Å². The normalized spacial score (nSPS) is 12.3. The molecule has 3 aromatic rings. The van der Waals surface area contributed by atoms with E-state index in [1.807, 2.05) is 4.72 Å². The second-order valence-corrected chi connectivity index (χ2v) is 13.1. The number of pyridine rings is 1. The minimum atomic E-state index is -3.74. The van der Waals surface area contributed by atoms with E-state index in [9.17, 15) is 27.6 Å². The molecule has 3 rings (SSSR count). The maximum absolute atomic E-state index is 12.9. The number of hydrogen-bond donors (Lipinski definition) is 3. The van der Waals surface area contributed by atoms with E-state index in [2.05, 4.69) is 25.7 Å². The fourth-order valence-electron chi connectivity index (χ4n) is 3.41. The maximum atomic E-state index is 12.9. The number of guanidine groups is 1. The number of alkyl carbamates (subject to hydrolysis) is 1. The van der Waals surface area contributed by atoms with Crippen molar-refractivity contribution in [3.05, 3.63) is 54.0 Å². The Labute approximate surface area is 253 Å². The molecule has 0 bridgehead atoms. The van der Waals surface area contributed by atoms with Gasteiger partial charge in [-0.05, 0) is 77.9 Å². The van der Waals surface area contributed by atoms with E-state index in [1.54, 1.807) is 41.5 Å². The predicted molar refractivity (Wildman–Crippen MR) is 158 cm³/mol. The summed E-state index contributed by atoms with van der Waals surface area (Å²) < 4.78 is 41.7. The molecule has 0 aliphatic heterocycles. The molecule has 0 aliphatic rings. The number of hydrogen-bond acceptors (Lipinski definition) is 11. The number of esters is 1. The molecule has 2 heterocycles. The number of nitrogens with one attached hydrogen (secondary N) is 3. The van der Waals surface area contributed by atoms with Gasteiger partial charge in [0.15, 0.2) is 11.4 Å². The molecule has 0 unspecified atom stereocenters. The SMILES string of the molecule is CC(C)(C)OC(=O)/N=C(\NC(=O)OC(C)(C)C)Nc1ccc(C(=O)Oc2ccc(CC(=O)NS(C)(=O)=O)n3ncnc23)cc1. The van der Waals surface area contributed by atoms with Crippen LogP contribution < -0.4 is 20.1 Å². The van der Waals surface area contributed by atoms with Gasteiger partial charge in [0.2, 0.25) is 21.9 Å². The molecular weight excluding hydrogens is 598 g/mol. The van der Waals surface area contributed by atoms with Gasteiger partial charge in [-0.25, -0.2) is 32.3 Å². The summed E-state index contributed by atoms with van der Waals surface area (Å²) in [6.07, 6.45) is -0.101. The first-order valence-corrected chi connectivity index (χ1v) is 14.9. The Bertz CT molecular complexity index is 1700. The molecule has 2 aromatic heterocycles. The number of benzene rings is 1. The van der Waals surface area contributed by atoms with Crippen LogP contribution in [-0.4, -0.2) is 70.5 Å². The lowest BCUT2D eigenvalue weighted by atomic mass is 10.2. The van der Waals surface area contributed by atoms with Crippen LogP contribution in [0, 0.1) is 0 Å². The highest BCUT2D eigenvalue weighted by molar-refractivity contribution is 7.89. The van der Waals surface area contributed by atoms with Crippen molar-refractivity contribution in [3.63, 3.8) is 0 Å². The first kappa shape index (κ1) is 33.4. The average Bonchev–Trinajstić information content (AvgIpc) is 3.33. The molecule has 17 heteroatoms. The van der Waals surface area contributed by atoms with Gasteiger partial charge < -0.3 is 19.5 Å². The number of ether oxygens (including phenoxy) is 3. The van der Waals surface area contributed by atoms with E-state index >= 15 is 0 Å². The number of aliphatic imine (C=N–C) groups is 1. The molecule has 0 atom stereocenters. The molecule has 236 valence electrons. The van der Waals surface area contributed by atoms with Crippen LogP contribution in [0.5, 0.6) is 5.75 Å². The Morgan fingerprint density at radius 3 is 2.16 bits per heavy atom. The van der Waals surface area contributed by atoms with Crippen molar-refractivity contribution in [2.75, 3.05) is 11.6 Å². The van der Waals surface area contributed by atoms with E-state index < -0.39 is 45.3 Å². The number of anilines is 1. The molecule has 0 saturated carbocycles. The van der Waals surface area contributed by atoms with Crippen LogP contribution in [0.15, 0.2) is 47.7 Å². The minimum Gasteiger partial charge on any atom is -0.444 e. The zero-order chi connectivity index (χ0) is 32.9. The zero-order valence-corrected chi connectivity index (χ0v) is 25.9. The number of carbonyl (C=O) groups excluding carboxylic acids is 4. The van der Waals surface area contributed by atoms with E-state index in [-0.39, 0.29) is 29.3 Å². The third-order valence-corrected chi connectivity index (χ3v) is 5.51. The van der Waals surface area contributed by atoms with E-state index in [0.717, 1.165) is 6.26 Å². The summed E-state index contributed by atoms with van der Waals surface area (Å²) >= 11 is 0. The highest BCUT2D eigenvalue weighted by Gasteiger charge is 2.21. The van der Waals surface area contributed by atoms with Crippen LogP contribution in [0.3, 0.4) is 0 Å². The summed E-state index contributed by atoms with van der Waals surface area (Å²) in [6.45, 7) is 10.0. The first-order valence-electron chi connectivity index (χ1n) is 13.0. The molecular formula is C27H33N7O9S. The summed E-state index contributed by atoms with van der Waals surface area (Å²) in [5.74, 6) is -1.76. The fraction of sp³-hybridized carbons (Fsp3) is 0.370. The highest BCUT2D eigenvalue weighted by atomic mass is 32.2. The third kappa shape index (κ3) is 10.6. The zero-order valence-electron chi connectivity index (χ0n) is 25.1. The average molecular weight is 632 g/mol. The fourth-order valence-corrected chi connectivity index (χ4v) is 3.89. The summed E-state index contributed by atoms with van der Waals surface area (Å²) in [5, 5.41) is 9.17. The van der Waals surface area contributed by atoms with Gasteiger partial charge in [0, 0.05) is 5.69 Å². The van der Waals surface area contributed by atoms with Gasteiger partial charge in [0.05, 0.1) is 23.9 Å². The Morgan fingerprint density at radius 1 is 0.932 bits per heavy atom. The van der Waals surface area contributed by atoms with E-state index in [0.29, 0.717) is 11.4 Å². The van der Waals surface area contributed by atoms with Crippen LogP contribution in [0.2, 0.25) is 0 Å². The number of nitrogens with zero attached hydrogens (tertiary/aromatic N) is 4. The predicted octanol–water partition coefficient (Wildman–Crippen LogP) is 2.79. The molecule has 3 amide bonds. The van der Waals surface area contributed by atoms with Gasteiger partial charge in [0.25, 0.3) is 0 Å². The van der Waals surface area contributed by atoms with Gasteiger partial charge in [-0.1, -0.05) is 0 Å². The lowest BCUT2D eigenvalue weighted by molar-refractivity contribution is -0.118. The number of carbonyl (C=O) groups is 4. The maximum Gasteiger partial charge on any atom is 0.437 e. The second-order valence-electron chi connectivity index (χ2n) is 11.3. The molecule has 0 aliphatic carbocycles. The Hall–Kier alpha value is -5.06. The molecule has 16 nitrogen and oxygen atoms in total. The smallest absolute Gasteiger partial charge is 0.437 e. The van der Waals surface area contributed by atoms with Gasteiger partial charge in [-0.2, -0.15) is 5.10 Å². The van der Waals surface area contributed by atoms with Gasteiger partial charge >= 0.3 is 18.2 Å². The quantitative estimate of drug-likeness (QED) is 0.204.